The van der Waals surface area contributed by atoms with Crippen LogP contribution in [0.3, 0.4) is 0 Å². The van der Waals surface area contributed by atoms with Crippen LogP contribution < -0.4 is 5.32 Å². The molecule has 2 amide bonds. The van der Waals surface area contributed by atoms with Crippen LogP contribution in [0.5, 0.6) is 0 Å². The second-order valence-corrected chi connectivity index (χ2v) is 12.9. The van der Waals surface area contributed by atoms with Gasteiger partial charge in [-0.3, -0.25) is 19.1 Å². The zero-order valence-electron chi connectivity index (χ0n) is 24.7. The quantitative estimate of drug-likeness (QED) is 0.420. The van der Waals surface area contributed by atoms with Crippen LogP contribution in [0.2, 0.25) is 0 Å². The fourth-order valence-corrected chi connectivity index (χ4v) is 7.25. The summed E-state index contributed by atoms with van der Waals surface area (Å²) in [5.74, 6) is 0.856. The van der Waals surface area contributed by atoms with Gasteiger partial charge in [0.1, 0.15) is 24.1 Å². The van der Waals surface area contributed by atoms with Crippen molar-refractivity contribution < 1.29 is 14.4 Å². The standard InChI is InChI=1S/C32H40N6O3/c1-18-11-23(24-15-33-21(4)34-16-24)12-25-29(20(3)39)36-37(30(18)25)17-28(40)38-26(13-32(5)14-27(32)38)31(41)35-19(2)22-9-7-6-8-10-22/h11-12,15-16,19,22,26-27H,6-10,13-14,17H2,1-5H3,(H,35,41)/t19-,26+,27-,32+/m1/s1. The van der Waals surface area contributed by atoms with E-state index in [1.807, 2.05) is 30.9 Å². The van der Waals surface area contributed by atoms with Crippen LogP contribution in [0, 0.1) is 25.2 Å². The number of rotatable bonds is 7. The van der Waals surface area contributed by atoms with Crippen LogP contribution in [0.15, 0.2) is 24.5 Å². The summed E-state index contributed by atoms with van der Waals surface area (Å²) in [4.78, 5) is 50.6. The summed E-state index contributed by atoms with van der Waals surface area (Å²) in [6.07, 6.45) is 11.2. The van der Waals surface area contributed by atoms with Gasteiger partial charge in [0.05, 0.1) is 5.52 Å². The number of amides is 2. The fraction of sp³-hybridized carbons (Fsp3) is 0.562. The topological polar surface area (TPSA) is 110 Å². The average molecular weight is 557 g/mol. The van der Waals surface area contributed by atoms with Gasteiger partial charge in [-0.1, -0.05) is 26.2 Å². The summed E-state index contributed by atoms with van der Waals surface area (Å²) < 4.78 is 1.65. The lowest BCUT2D eigenvalue weighted by molar-refractivity contribution is -0.140. The van der Waals surface area contributed by atoms with Crippen LogP contribution >= 0.6 is 0 Å². The smallest absolute Gasteiger partial charge is 0.245 e. The van der Waals surface area contributed by atoms with E-state index < -0.39 is 6.04 Å². The second kappa shape index (κ2) is 10.3. The number of ketones is 1. The van der Waals surface area contributed by atoms with Gasteiger partial charge in [-0.15, -0.1) is 0 Å². The van der Waals surface area contributed by atoms with E-state index in [-0.39, 0.29) is 41.6 Å². The molecule has 1 aliphatic heterocycles. The van der Waals surface area contributed by atoms with Gasteiger partial charge < -0.3 is 10.2 Å². The lowest BCUT2D eigenvalue weighted by Gasteiger charge is -2.32. The summed E-state index contributed by atoms with van der Waals surface area (Å²) in [7, 11) is 0. The number of carbonyl (C=O) groups is 3. The molecule has 3 heterocycles. The molecule has 0 unspecified atom stereocenters. The molecular formula is C32H40N6O3. The number of benzene rings is 1. The molecule has 0 radical (unpaired) electrons. The minimum Gasteiger partial charge on any atom is -0.352 e. The van der Waals surface area contributed by atoms with E-state index in [0.29, 0.717) is 29.2 Å². The van der Waals surface area contributed by atoms with Crippen molar-refractivity contribution in [2.45, 2.75) is 104 Å². The lowest BCUT2D eigenvalue weighted by Crippen LogP contribution is -2.52. The van der Waals surface area contributed by atoms with E-state index in [9.17, 15) is 14.4 Å². The maximum absolute atomic E-state index is 13.9. The number of aryl methyl sites for hydroxylation is 2. The number of Topliss-reactive ketones (excluding diaryl/α,β-unsaturated/α-hetero) is 1. The van der Waals surface area contributed by atoms with Gasteiger partial charge >= 0.3 is 0 Å². The molecule has 1 saturated heterocycles. The third-order valence-electron chi connectivity index (χ3n) is 9.72. The summed E-state index contributed by atoms with van der Waals surface area (Å²) in [5.41, 5.74) is 3.72. The van der Waals surface area contributed by atoms with Gasteiger partial charge in [-0.2, -0.15) is 5.10 Å². The first-order chi connectivity index (χ1) is 19.6. The van der Waals surface area contributed by atoms with Gasteiger partial charge in [-0.05, 0) is 81.0 Å². The first-order valence-electron chi connectivity index (χ1n) is 15.0. The van der Waals surface area contributed by atoms with Crippen LogP contribution in [-0.2, 0) is 16.1 Å². The molecule has 3 fully saturated rings. The maximum atomic E-state index is 13.9. The Labute approximate surface area is 241 Å². The predicted octanol–water partition coefficient (Wildman–Crippen LogP) is 4.78. The Bertz CT molecular complexity index is 1520. The van der Waals surface area contributed by atoms with E-state index in [4.69, 9.17) is 0 Å². The van der Waals surface area contributed by atoms with Crippen molar-refractivity contribution in [1.82, 2.24) is 30.0 Å². The number of hydrogen-bond acceptors (Lipinski definition) is 6. The van der Waals surface area contributed by atoms with Gasteiger partial charge in [0.25, 0.3) is 0 Å². The van der Waals surface area contributed by atoms with Crippen LogP contribution in [0.25, 0.3) is 22.0 Å². The number of fused-ring (bicyclic) bond motifs is 2. The molecule has 3 aliphatic rings. The highest BCUT2D eigenvalue weighted by Gasteiger charge is 2.64. The van der Waals surface area contributed by atoms with E-state index >= 15 is 0 Å². The van der Waals surface area contributed by atoms with Crippen molar-refractivity contribution in [3.05, 3.63) is 41.6 Å². The fourth-order valence-electron chi connectivity index (χ4n) is 7.25. The van der Waals surface area contributed by atoms with E-state index in [2.05, 4.69) is 34.2 Å². The van der Waals surface area contributed by atoms with Gasteiger partial charge in [0, 0.05) is 42.4 Å². The zero-order valence-corrected chi connectivity index (χ0v) is 24.7. The summed E-state index contributed by atoms with van der Waals surface area (Å²) >= 11 is 0. The molecule has 0 bridgehead atoms. The first-order valence-corrected chi connectivity index (χ1v) is 15.0. The molecule has 2 aromatic heterocycles. The predicted molar refractivity (Wildman–Crippen MR) is 156 cm³/mol. The number of piperidine rings is 1. The van der Waals surface area contributed by atoms with Crippen LogP contribution in [0.1, 0.15) is 87.6 Å². The average Bonchev–Trinajstić information content (AvgIpc) is 3.30. The number of nitrogens with zero attached hydrogens (tertiary/aromatic N) is 5. The largest absolute Gasteiger partial charge is 0.352 e. The van der Waals surface area contributed by atoms with Crippen molar-refractivity contribution in [2.75, 3.05) is 0 Å². The number of carbonyl (C=O) groups excluding carboxylic acids is 3. The van der Waals surface area contributed by atoms with Gasteiger partial charge in [0.2, 0.25) is 11.8 Å². The number of hydrogen-bond donors (Lipinski definition) is 1. The van der Waals surface area contributed by atoms with E-state index in [1.165, 1.54) is 26.2 Å². The minimum absolute atomic E-state index is 0.0105. The van der Waals surface area contributed by atoms with Crippen LogP contribution in [0.4, 0.5) is 0 Å². The minimum atomic E-state index is -0.472. The molecule has 6 rings (SSSR count). The molecule has 9 nitrogen and oxygen atoms in total. The zero-order chi connectivity index (χ0) is 29.1. The molecule has 9 heteroatoms. The van der Waals surface area contributed by atoms with Crippen molar-refractivity contribution in [1.29, 1.82) is 0 Å². The molecule has 1 aromatic carbocycles. The monoisotopic (exact) mass is 556 g/mol. The first kappa shape index (κ1) is 27.5. The van der Waals surface area contributed by atoms with E-state index in [0.717, 1.165) is 41.5 Å². The van der Waals surface area contributed by atoms with Gasteiger partial charge in [-0.25, -0.2) is 9.97 Å². The highest BCUT2D eigenvalue weighted by Crippen LogP contribution is 2.59. The van der Waals surface area contributed by atoms with E-state index in [1.54, 1.807) is 17.1 Å². The van der Waals surface area contributed by atoms with Crippen molar-refractivity contribution in [2.24, 2.45) is 11.3 Å². The Morgan fingerprint density at radius 2 is 1.76 bits per heavy atom. The Morgan fingerprint density at radius 3 is 2.44 bits per heavy atom. The number of nitrogens with one attached hydrogen (secondary N) is 1. The lowest BCUT2D eigenvalue weighted by atomic mass is 9.84. The van der Waals surface area contributed by atoms with Crippen molar-refractivity contribution in [3.63, 3.8) is 0 Å². The molecule has 2 saturated carbocycles. The van der Waals surface area contributed by atoms with Crippen LogP contribution in [-0.4, -0.2) is 60.4 Å². The second-order valence-electron chi connectivity index (χ2n) is 12.9. The highest BCUT2D eigenvalue weighted by atomic mass is 16.2. The summed E-state index contributed by atoms with van der Waals surface area (Å²) in [6, 6.07) is 3.64. The Kier molecular flexibility index (Phi) is 6.94. The number of likely N-dealkylation sites (tertiary alicyclic amines) is 1. The maximum Gasteiger partial charge on any atom is 0.245 e. The molecule has 41 heavy (non-hydrogen) atoms. The van der Waals surface area contributed by atoms with Gasteiger partial charge in [0.15, 0.2) is 5.78 Å². The number of aromatic nitrogens is 4. The summed E-state index contributed by atoms with van der Waals surface area (Å²) in [6.45, 7) is 9.55. The third-order valence-corrected chi connectivity index (χ3v) is 9.72. The molecular weight excluding hydrogens is 516 g/mol. The Balaban J connectivity index is 1.27. The molecule has 1 N–H and O–H groups in total. The van der Waals surface area contributed by atoms with Crippen molar-refractivity contribution in [3.8, 4) is 11.1 Å². The molecule has 216 valence electrons. The summed E-state index contributed by atoms with van der Waals surface area (Å²) in [5, 5.41) is 8.61. The molecule has 0 spiro atoms. The SMILES string of the molecule is CC(=O)c1nn(CC(=O)N2[C@H](C(=O)N[C@H](C)C3CCCCC3)C[C@@]3(C)C[C@@H]23)c2c(C)cc(-c3cnc(C)nc3)cc12. The Hall–Kier alpha value is -3.62. The third kappa shape index (κ3) is 5.04. The van der Waals surface area contributed by atoms with Crippen molar-refractivity contribution >= 4 is 28.5 Å². The molecule has 4 atom stereocenters. The highest BCUT2D eigenvalue weighted by molar-refractivity contribution is 6.07. The molecule has 3 aromatic rings. The molecule has 2 aliphatic carbocycles. The Morgan fingerprint density at radius 1 is 1.05 bits per heavy atom. The normalized spacial score (nSPS) is 24.8.